The molecule has 1 fully saturated rings. The smallest absolute Gasteiger partial charge is 0.306 e. The van der Waals surface area contributed by atoms with Gasteiger partial charge >= 0.3 is 5.97 Å². The molecule has 240 valence electrons. The number of likely N-dealkylation sites (N-methyl/N-ethyl adjacent to an activating group) is 2. The molecular formula is C26H40N6O9S2. The van der Waals surface area contributed by atoms with Crippen LogP contribution in [-0.2, 0) is 29.7 Å². The Morgan fingerprint density at radius 3 is 2.33 bits per heavy atom. The highest BCUT2D eigenvalue weighted by Crippen LogP contribution is 2.32. The molecule has 1 N–H and O–H groups in total. The molecule has 1 saturated heterocycles. The van der Waals surface area contributed by atoms with Crippen molar-refractivity contribution >= 4 is 37.7 Å². The van der Waals surface area contributed by atoms with Gasteiger partial charge in [0.15, 0.2) is 5.70 Å². The van der Waals surface area contributed by atoms with Gasteiger partial charge in [0.2, 0.25) is 16.8 Å². The molecule has 17 heteroatoms. The second-order valence-electron chi connectivity index (χ2n) is 10.8. The maximum atomic E-state index is 13.6. The molecule has 3 aliphatic rings. The predicted molar refractivity (Wildman–Crippen MR) is 158 cm³/mol. The minimum Gasteiger partial charge on any atom is -0.748 e. The summed E-state index contributed by atoms with van der Waals surface area (Å²) >= 11 is 0. The van der Waals surface area contributed by atoms with Crippen molar-refractivity contribution in [2.75, 3.05) is 66.4 Å². The van der Waals surface area contributed by atoms with Gasteiger partial charge in [0.1, 0.15) is 29.5 Å². The molecule has 0 radical (unpaired) electrons. The third-order valence-corrected chi connectivity index (χ3v) is 8.90. The molecule has 1 aromatic rings. The highest BCUT2D eigenvalue weighted by Gasteiger charge is 2.38. The Morgan fingerprint density at radius 1 is 1.14 bits per heavy atom. The number of hydrogen-bond acceptors (Lipinski definition) is 12. The first kappa shape index (κ1) is 34.6. The summed E-state index contributed by atoms with van der Waals surface area (Å²) in [7, 11) is -4.29. The number of aliphatic imine (C=N–C) groups is 1. The van der Waals surface area contributed by atoms with Gasteiger partial charge in [-0.3, -0.25) is 14.3 Å². The summed E-state index contributed by atoms with van der Waals surface area (Å²) in [4.78, 5) is 16.0. The first-order valence-corrected chi connectivity index (χ1v) is 17.0. The van der Waals surface area contributed by atoms with E-state index in [0.717, 1.165) is 6.42 Å². The number of sulfonamides is 1. The Hall–Kier alpha value is -2.93. The first-order chi connectivity index (χ1) is 19.9. The van der Waals surface area contributed by atoms with Crippen LogP contribution in [0.3, 0.4) is 0 Å². The summed E-state index contributed by atoms with van der Waals surface area (Å²) in [6.45, 7) is 7.64. The molecule has 0 amide bonds. The number of esters is 1. The number of piperazine rings is 1. The minimum absolute atomic E-state index is 0.134. The predicted octanol–water partition coefficient (Wildman–Crippen LogP) is 0.894. The maximum Gasteiger partial charge on any atom is 0.306 e. The summed E-state index contributed by atoms with van der Waals surface area (Å²) in [5, 5.41) is 20.5. The van der Waals surface area contributed by atoms with E-state index in [0.29, 0.717) is 84.2 Å². The number of allylic oxidation sites excluding steroid dienone is 1. The molecule has 3 aliphatic heterocycles. The van der Waals surface area contributed by atoms with Crippen molar-refractivity contribution < 1.29 is 44.9 Å². The summed E-state index contributed by atoms with van der Waals surface area (Å²) < 4.78 is 66.6. The van der Waals surface area contributed by atoms with Crippen LogP contribution in [0.5, 0.6) is 5.75 Å². The number of hydrogen-bond donors (Lipinski definition) is 1. The van der Waals surface area contributed by atoms with Crippen molar-refractivity contribution in [3.8, 4) is 5.75 Å². The van der Waals surface area contributed by atoms with Crippen LogP contribution < -0.4 is 10.1 Å². The molecule has 0 aromatic heterocycles. The van der Waals surface area contributed by atoms with Gasteiger partial charge < -0.3 is 24.6 Å². The van der Waals surface area contributed by atoms with Gasteiger partial charge in [0, 0.05) is 13.2 Å². The van der Waals surface area contributed by atoms with Crippen LogP contribution in [0.2, 0.25) is 0 Å². The van der Waals surface area contributed by atoms with E-state index in [9.17, 15) is 18.4 Å². The number of hydroxylamine groups is 2. The molecule has 1 aromatic carbocycles. The lowest BCUT2D eigenvalue weighted by molar-refractivity contribution is -0.928. The fourth-order valence-electron chi connectivity index (χ4n) is 4.78. The second-order valence-corrected chi connectivity index (χ2v) is 14.2. The molecule has 0 saturated carbocycles. The minimum atomic E-state index is -3.92. The van der Waals surface area contributed by atoms with E-state index < -0.39 is 24.9 Å². The third-order valence-electron chi connectivity index (χ3n) is 7.01. The van der Waals surface area contributed by atoms with Gasteiger partial charge in [-0.1, -0.05) is 18.4 Å². The van der Waals surface area contributed by atoms with Crippen molar-refractivity contribution in [1.29, 1.82) is 0 Å². The summed E-state index contributed by atoms with van der Waals surface area (Å²) in [6, 6.07) is 4.77. The van der Waals surface area contributed by atoms with E-state index in [-0.39, 0.29) is 24.1 Å². The molecule has 3 heterocycles. The van der Waals surface area contributed by atoms with Gasteiger partial charge in [0.05, 0.1) is 67.5 Å². The normalized spacial score (nSPS) is 22.0. The molecule has 4 rings (SSSR count). The summed E-state index contributed by atoms with van der Waals surface area (Å²) in [6.07, 6.45) is 2.08. The van der Waals surface area contributed by atoms with Crippen molar-refractivity contribution in [3.05, 3.63) is 40.4 Å². The fraction of sp³-hybridized carbons (Fsp3) is 0.577. The van der Waals surface area contributed by atoms with Crippen molar-refractivity contribution in [1.82, 2.24) is 9.62 Å². The molecule has 15 nitrogen and oxygen atoms in total. The van der Waals surface area contributed by atoms with Crippen LogP contribution >= 0.6 is 0 Å². The van der Waals surface area contributed by atoms with Gasteiger partial charge in [-0.05, 0) is 31.5 Å². The highest BCUT2D eigenvalue weighted by atomic mass is 32.2. The molecule has 43 heavy (non-hydrogen) atoms. The molecule has 0 spiro atoms. The zero-order valence-electron chi connectivity index (χ0n) is 25.3. The van der Waals surface area contributed by atoms with E-state index >= 15 is 0 Å². The lowest BCUT2D eigenvalue weighted by atomic mass is 10.1. The van der Waals surface area contributed by atoms with E-state index in [2.05, 4.69) is 15.4 Å². The number of carbonyl (C=O) groups is 1. The number of nitrogens with one attached hydrogen (secondary N) is 1. The lowest BCUT2D eigenvalue weighted by Crippen LogP contribution is -2.59. The lowest BCUT2D eigenvalue weighted by Gasteiger charge is -2.40. The topological polar surface area (TPSA) is 190 Å². The molecule has 1 unspecified atom stereocenters. The van der Waals surface area contributed by atoms with Crippen LogP contribution in [0.4, 0.5) is 0 Å². The highest BCUT2D eigenvalue weighted by molar-refractivity contribution is 7.89. The van der Waals surface area contributed by atoms with Gasteiger partial charge in [-0.15, -0.1) is 0 Å². The fourth-order valence-corrected chi connectivity index (χ4v) is 6.23. The van der Waals surface area contributed by atoms with Gasteiger partial charge in [-0.25, -0.2) is 21.6 Å². The summed E-state index contributed by atoms with van der Waals surface area (Å²) in [5.74, 6) is 0.588. The van der Waals surface area contributed by atoms with Crippen LogP contribution in [0.25, 0.3) is 0 Å². The molecular weight excluding hydrogens is 604 g/mol. The zero-order valence-corrected chi connectivity index (χ0v) is 27.0. The summed E-state index contributed by atoms with van der Waals surface area (Å²) in [5.41, 5.74) is 2.39. The number of nitrogens with zero attached hydrogens (tertiary/aromatic N) is 5. The van der Waals surface area contributed by atoms with Crippen LogP contribution in [0, 0.1) is 5.21 Å². The van der Waals surface area contributed by atoms with E-state index in [4.69, 9.17) is 22.4 Å². The number of ether oxygens (including phenoxy) is 2. The van der Waals surface area contributed by atoms with Crippen molar-refractivity contribution in [2.45, 2.75) is 38.5 Å². The van der Waals surface area contributed by atoms with Crippen LogP contribution in [0.15, 0.2) is 44.6 Å². The van der Waals surface area contributed by atoms with Gasteiger partial charge in [-0.2, -0.15) is 4.31 Å². The number of amidine groups is 1. The molecule has 1 atom stereocenters. The monoisotopic (exact) mass is 644 g/mol. The largest absolute Gasteiger partial charge is 0.748 e. The Bertz CT molecular complexity index is 1520. The first-order valence-electron chi connectivity index (χ1n) is 13.8. The van der Waals surface area contributed by atoms with E-state index in [1.807, 2.05) is 20.9 Å². The molecule has 0 bridgehead atoms. The average Bonchev–Trinajstić information content (AvgIpc) is 3.16. The Labute approximate surface area is 253 Å². The van der Waals surface area contributed by atoms with Crippen LogP contribution in [-0.4, -0.2) is 119 Å². The quantitative estimate of drug-likeness (QED) is 0.175. The van der Waals surface area contributed by atoms with E-state index in [1.54, 1.807) is 18.2 Å². The number of benzene rings is 1. The van der Waals surface area contributed by atoms with Gasteiger partial charge in [0.25, 0.3) is 0 Å². The van der Waals surface area contributed by atoms with Crippen LogP contribution in [0.1, 0.15) is 39.2 Å². The zero-order chi connectivity index (χ0) is 32.2. The SMILES string of the molecule is CCCC1=N[N+](C)([O-])C2=C1NC(c1cc(S(=O)(=O)N3CC[N+](C)(COC(C)=O)CC3)ccc1OCC)=NC2.CS(=O)(=O)[O-]. The molecule has 0 aliphatic carbocycles. The number of rotatable bonds is 9. The Balaban J connectivity index is 0.000000934. The van der Waals surface area contributed by atoms with Crippen molar-refractivity contribution in [3.63, 3.8) is 0 Å². The number of quaternary nitrogens is 2. The Morgan fingerprint density at radius 2 is 1.77 bits per heavy atom. The maximum absolute atomic E-state index is 13.6. The second kappa shape index (κ2) is 13.4. The average molecular weight is 645 g/mol. The van der Waals surface area contributed by atoms with E-state index in [1.165, 1.54) is 18.3 Å². The van der Waals surface area contributed by atoms with Crippen molar-refractivity contribution in [2.24, 2.45) is 10.1 Å². The standard InChI is InChI=1S/C25H37N6O6S.CH4O3S/c1-6-8-21-24-22(31(5,33)28-21)16-26-25(27-24)20-15-19(9-10-23(20)36-7-2)38(34,35)29-11-13-30(4,14-12-29)17-37-18(3)32;1-5(2,3)4/h9-10,15H,6-8,11-14,16-17H2,1-5H3,(H,26,27);1H3,(H,2,3,4)/q+1;/p-1. The number of carbonyl (C=O) groups excluding carboxylic acids is 1. The third kappa shape index (κ3) is 8.81. The Kier molecular flexibility index (Phi) is 10.7.